The van der Waals surface area contributed by atoms with Gasteiger partial charge in [-0.05, 0) is 77.7 Å². The molecule has 1 heterocycles. The van der Waals surface area contributed by atoms with E-state index < -0.39 is 5.97 Å². The summed E-state index contributed by atoms with van der Waals surface area (Å²) in [7, 11) is 0. The lowest BCUT2D eigenvalue weighted by atomic mass is 10.1. The van der Waals surface area contributed by atoms with Crippen molar-refractivity contribution in [1.29, 1.82) is 0 Å². The van der Waals surface area contributed by atoms with E-state index in [1.807, 2.05) is 57.2 Å². The molecule has 29 heavy (non-hydrogen) atoms. The van der Waals surface area contributed by atoms with E-state index in [2.05, 4.69) is 27.5 Å². The number of carbonyl (C=O) groups excluding carboxylic acids is 1. The van der Waals surface area contributed by atoms with Crippen LogP contribution in [0.4, 0.5) is 0 Å². The van der Waals surface area contributed by atoms with Crippen LogP contribution in [0.5, 0.6) is 11.5 Å². The second kappa shape index (κ2) is 9.09. The zero-order chi connectivity index (χ0) is 21.0. The predicted octanol–water partition coefficient (Wildman–Crippen LogP) is 5.46. The third kappa shape index (κ3) is 4.95. The van der Waals surface area contributed by atoms with Crippen LogP contribution in [0.15, 0.2) is 63.7 Å². The van der Waals surface area contributed by atoms with Gasteiger partial charge in [0.25, 0.3) is 0 Å². The summed E-state index contributed by atoms with van der Waals surface area (Å²) in [5, 5.41) is 0. The van der Waals surface area contributed by atoms with Crippen molar-refractivity contribution in [3.8, 4) is 11.5 Å². The van der Waals surface area contributed by atoms with Crippen molar-refractivity contribution in [2.45, 2.75) is 20.8 Å². The maximum absolute atomic E-state index is 12.3. The average Bonchev–Trinajstić information content (AvgIpc) is 3.01. The number of ether oxygens (including phenoxy) is 3. The minimum Gasteiger partial charge on any atom is -0.490 e. The quantitative estimate of drug-likeness (QED) is 0.316. The van der Waals surface area contributed by atoms with Crippen molar-refractivity contribution in [2.24, 2.45) is 4.99 Å². The van der Waals surface area contributed by atoms with Gasteiger partial charge in [0.2, 0.25) is 5.90 Å². The molecule has 2 aromatic carbocycles. The number of hydrogen-bond donors (Lipinski definition) is 0. The highest BCUT2D eigenvalue weighted by atomic mass is 79.9. The largest absolute Gasteiger partial charge is 0.490 e. The van der Waals surface area contributed by atoms with Crippen LogP contribution in [-0.4, -0.2) is 25.1 Å². The Hall–Kier alpha value is -2.86. The first-order valence-corrected chi connectivity index (χ1v) is 10.0. The maximum Gasteiger partial charge on any atom is 0.363 e. The monoisotopic (exact) mass is 455 g/mol. The third-order valence-corrected chi connectivity index (χ3v) is 4.68. The van der Waals surface area contributed by atoms with Gasteiger partial charge >= 0.3 is 5.97 Å². The predicted molar refractivity (Wildman–Crippen MR) is 117 cm³/mol. The van der Waals surface area contributed by atoms with Gasteiger partial charge in [-0.1, -0.05) is 24.8 Å². The standard InChI is InChI=1S/C23H22BrNO4/c1-5-27-20-12-16(10-18(24)21(20)28-13-14(2)3)11-19-23(26)29-22(25-19)17-9-7-6-8-15(17)4/h6-12H,2,5,13H2,1,3-4H3/b19-11-. The molecule has 0 aromatic heterocycles. The number of rotatable bonds is 7. The minimum atomic E-state index is -0.486. The van der Waals surface area contributed by atoms with E-state index in [-0.39, 0.29) is 5.70 Å². The Labute approximate surface area is 178 Å². The van der Waals surface area contributed by atoms with Gasteiger partial charge in [0.1, 0.15) is 6.61 Å². The Morgan fingerprint density at radius 3 is 2.72 bits per heavy atom. The number of nitrogens with zero attached hydrogens (tertiary/aromatic N) is 1. The van der Waals surface area contributed by atoms with Crippen LogP contribution >= 0.6 is 15.9 Å². The molecular weight excluding hydrogens is 434 g/mol. The third-order valence-electron chi connectivity index (χ3n) is 4.09. The van der Waals surface area contributed by atoms with Crippen LogP contribution in [0, 0.1) is 6.92 Å². The van der Waals surface area contributed by atoms with Gasteiger partial charge < -0.3 is 14.2 Å². The molecule has 5 nitrogen and oxygen atoms in total. The first-order chi connectivity index (χ1) is 13.9. The fourth-order valence-corrected chi connectivity index (χ4v) is 3.34. The summed E-state index contributed by atoms with van der Waals surface area (Å²) < 4.78 is 17.6. The zero-order valence-corrected chi connectivity index (χ0v) is 18.2. The summed E-state index contributed by atoms with van der Waals surface area (Å²) in [6.45, 7) is 10.5. The van der Waals surface area contributed by atoms with E-state index >= 15 is 0 Å². The smallest absolute Gasteiger partial charge is 0.363 e. The number of aryl methyl sites for hydroxylation is 1. The van der Waals surface area contributed by atoms with Gasteiger partial charge in [-0.25, -0.2) is 9.79 Å². The summed E-state index contributed by atoms with van der Waals surface area (Å²) in [4.78, 5) is 16.7. The van der Waals surface area contributed by atoms with Crippen molar-refractivity contribution in [2.75, 3.05) is 13.2 Å². The Balaban J connectivity index is 1.96. The number of benzene rings is 2. The van der Waals surface area contributed by atoms with Crippen molar-refractivity contribution in [3.05, 3.63) is 75.4 Å². The Morgan fingerprint density at radius 1 is 1.28 bits per heavy atom. The van der Waals surface area contributed by atoms with E-state index in [1.54, 1.807) is 6.08 Å². The van der Waals surface area contributed by atoms with E-state index in [0.717, 1.165) is 22.3 Å². The molecule has 0 unspecified atom stereocenters. The summed E-state index contributed by atoms with van der Waals surface area (Å²) in [6.07, 6.45) is 1.67. The van der Waals surface area contributed by atoms with Crippen LogP contribution in [0.2, 0.25) is 0 Å². The highest BCUT2D eigenvalue weighted by molar-refractivity contribution is 9.10. The lowest BCUT2D eigenvalue weighted by Gasteiger charge is -2.14. The van der Waals surface area contributed by atoms with Gasteiger partial charge in [-0.2, -0.15) is 0 Å². The molecule has 1 aliphatic heterocycles. The van der Waals surface area contributed by atoms with E-state index in [4.69, 9.17) is 14.2 Å². The number of cyclic esters (lactones) is 1. The van der Waals surface area contributed by atoms with Crippen molar-refractivity contribution < 1.29 is 19.0 Å². The molecule has 0 atom stereocenters. The first-order valence-electron chi connectivity index (χ1n) is 9.21. The Morgan fingerprint density at radius 2 is 2.03 bits per heavy atom. The molecule has 150 valence electrons. The summed E-state index contributed by atoms with van der Waals surface area (Å²) in [5.74, 6) is 0.990. The first kappa shape index (κ1) is 20.9. The van der Waals surface area contributed by atoms with Crippen molar-refractivity contribution in [1.82, 2.24) is 0 Å². The number of halogens is 1. The molecule has 3 rings (SSSR count). The molecule has 0 aliphatic carbocycles. The van der Waals surface area contributed by atoms with Gasteiger partial charge in [-0.3, -0.25) is 0 Å². The SMILES string of the molecule is C=C(C)COc1c(Br)cc(/C=C2\N=C(c3ccccc3C)OC2=O)cc1OCC. The van der Waals surface area contributed by atoms with Crippen LogP contribution < -0.4 is 9.47 Å². The van der Waals surface area contributed by atoms with E-state index in [1.165, 1.54) is 0 Å². The minimum absolute atomic E-state index is 0.230. The fraction of sp³-hybridized carbons (Fsp3) is 0.217. The fourth-order valence-electron chi connectivity index (χ4n) is 2.76. The molecule has 0 amide bonds. The molecule has 6 heteroatoms. The molecule has 0 bridgehead atoms. The van der Waals surface area contributed by atoms with Crippen molar-refractivity contribution >= 4 is 33.9 Å². The van der Waals surface area contributed by atoms with E-state index in [0.29, 0.717) is 35.1 Å². The molecule has 0 fully saturated rings. The van der Waals surface area contributed by atoms with Crippen molar-refractivity contribution in [3.63, 3.8) is 0 Å². The average molecular weight is 456 g/mol. The summed E-state index contributed by atoms with van der Waals surface area (Å²) >= 11 is 3.52. The van der Waals surface area contributed by atoms with Crippen LogP contribution in [0.25, 0.3) is 6.08 Å². The topological polar surface area (TPSA) is 57.1 Å². The number of hydrogen-bond acceptors (Lipinski definition) is 5. The normalized spacial score (nSPS) is 14.6. The van der Waals surface area contributed by atoms with Gasteiger partial charge in [0.05, 0.1) is 11.1 Å². The lowest BCUT2D eigenvalue weighted by Crippen LogP contribution is -2.06. The maximum atomic E-state index is 12.3. The summed E-state index contributed by atoms with van der Waals surface area (Å²) in [6, 6.07) is 11.3. The Bertz CT molecular complexity index is 1020. The highest BCUT2D eigenvalue weighted by Gasteiger charge is 2.25. The highest BCUT2D eigenvalue weighted by Crippen LogP contribution is 2.38. The molecule has 2 aromatic rings. The molecule has 0 saturated heterocycles. The molecule has 0 N–H and O–H groups in total. The Kier molecular flexibility index (Phi) is 6.54. The second-order valence-corrected chi connectivity index (χ2v) is 7.51. The lowest BCUT2D eigenvalue weighted by molar-refractivity contribution is -0.129. The van der Waals surface area contributed by atoms with Crippen LogP contribution in [0.3, 0.4) is 0 Å². The molecular formula is C23H22BrNO4. The molecule has 0 spiro atoms. The van der Waals surface area contributed by atoms with E-state index in [9.17, 15) is 4.79 Å². The molecule has 0 radical (unpaired) electrons. The number of esters is 1. The van der Waals surface area contributed by atoms with Gasteiger partial charge in [0, 0.05) is 5.56 Å². The number of carbonyl (C=O) groups is 1. The molecule has 0 saturated carbocycles. The van der Waals surface area contributed by atoms with Crippen LogP contribution in [-0.2, 0) is 9.53 Å². The second-order valence-electron chi connectivity index (χ2n) is 6.66. The van der Waals surface area contributed by atoms with Gasteiger partial charge in [-0.15, -0.1) is 0 Å². The zero-order valence-electron chi connectivity index (χ0n) is 16.6. The van der Waals surface area contributed by atoms with Crippen LogP contribution in [0.1, 0.15) is 30.5 Å². The number of aliphatic imine (C=N–C) groups is 1. The molecule has 1 aliphatic rings. The summed E-state index contributed by atoms with van der Waals surface area (Å²) in [5.41, 5.74) is 3.65. The van der Waals surface area contributed by atoms with Gasteiger partial charge in [0.15, 0.2) is 17.2 Å².